The Balaban J connectivity index is 1.38. The number of nitro benzene ring substituents is 1. The highest BCUT2D eigenvalue weighted by atomic mass is 16.6. The molecule has 2 heterocycles. The molecule has 2 N–H and O–H groups in total. The van der Waals surface area contributed by atoms with E-state index in [1.807, 2.05) is 18.2 Å². The van der Waals surface area contributed by atoms with Gasteiger partial charge in [0.2, 0.25) is 5.91 Å². The van der Waals surface area contributed by atoms with Crippen molar-refractivity contribution < 1.29 is 14.5 Å². The molecular weight excluding hydrogens is 372 g/mol. The van der Waals surface area contributed by atoms with Crippen LogP contribution in [0.15, 0.2) is 54.6 Å². The maximum Gasteiger partial charge on any atom is 0.269 e. The fourth-order valence-electron chi connectivity index (χ4n) is 3.70. The minimum Gasteiger partial charge on any atom is -0.362 e. The van der Waals surface area contributed by atoms with Gasteiger partial charge in [-0.3, -0.25) is 19.7 Å². The normalized spacial score (nSPS) is 17.5. The average Bonchev–Trinajstić information content (AvgIpc) is 2.73. The SMILES string of the molecule is O=C1NC2(CCN(C(=O)/C=C/c3ccc([N+](=O)[O-])cc3)CC2)Nc2ccccc21. The molecule has 0 aromatic heterocycles. The molecule has 8 nitrogen and oxygen atoms in total. The molecule has 148 valence electrons. The minimum atomic E-state index is -0.537. The molecule has 2 aliphatic heterocycles. The maximum absolute atomic E-state index is 12.5. The number of nitrogens with one attached hydrogen (secondary N) is 2. The van der Waals surface area contributed by atoms with E-state index in [1.165, 1.54) is 18.2 Å². The first kappa shape index (κ1) is 18.7. The van der Waals surface area contributed by atoms with Gasteiger partial charge in [-0.1, -0.05) is 12.1 Å². The molecule has 0 unspecified atom stereocenters. The Kier molecular flexibility index (Phi) is 4.75. The van der Waals surface area contributed by atoms with Crippen LogP contribution in [0.5, 0.6) is 0 Å². The summed E-state index contributed by atoms with van der Waals surface area (Å²) in [7, 11) is 0. The van der Waals surface area contributed by atoms with Gasteiger partial charge < -0.3 is 15.5 Å². The molecule has 0 radical (unpaired) electrons. The molecule has 2 amide bonds. The summed E-state index contributed by atoms with van der Waals surface area (Å²) in [5, 5.41) is 17.2. The van der Waals surface area contributed by atoms with E-state index < -0.39 is 10.6 Å². The second kappa shape index (κ2) is 7.38. The van der Waals surface area contributed by atoms with Crippen LogP contribution in [0.1, 0.15) is 28.8 Å². The lowest BCUT2D eigenvalue weighted by Crippen LogP contribution is -2.62. The van der Waals surface area contributed by atoms with Gasteiger partial charge in [0.1, 0.15) is 5.66 Å². The Morgan fingerprint density at radius 2 is 1.76 bits per heavy atom. The van der Waals surface area contributed by atoms with Gasteiger partial charge in [-0.05, 0) is 35.9 Å². The molecule has 2 aromatic rings. The van der Waals surface area contributed by atoms with Gasteiger partial charge in [0.15, 0.2) is 0 Å². The molecule has 4 rings (SSSR count). The molecule has 29 heavy (non-hydrogen) atoms. The van der Waals surface area contributed by atoms with Crippen LogP contribution in [0.4, 0.5) is 11.4 Å². The van der Waals surface area contributed by atoms with Crippen molar-refractivity contribution in [2.45, 2.75) is 18.5 Å². The minimum absolute atomic E-state index is 0.0124. The third-order valence-corrected chi connectivity index (χ3v) is 5.35. The van der Waals surface area contributed by atoms with E-state index >= 15 is 0 Å². The number of hydrogen-bond acceptors (Lipinski definition) is 5. The van der Waals surface area contributed by atoms with Gasteiger partial charge in [-0.15, -0.1) is 0 Å². The maximum atomic E-state index is 12.5. The number of amides is 2. The van der Waals surface area contributed by atoms with Crippen LogP contribution >= 0.6 is 0 Å². The molecule has 1 saturated heterocycles. The second-order valence-corrected chi connectivity index (χ2v) is 7.21. The number of piperidine rings is 1. The topological polar surface area (TPSA) is 105 Å². The lowest BCUT2D eigenvalue weighted by Gasteiger charge is -2.45. The lowest BCUT2D eigenvalue weighted by molar-refractivity contribution is -0.384. The van der Waals surface area contributed by atoms with Gasteiger partial charge in [0.05, 0.1) is 10.5 Å². The van der Waals surface area contributed by atoms with Crippen LogP contribution in [0.2, 0.25) is 0 Å². The van der Waals surface area contributed by atoms with Crippen LogP contribution in [0.3, 0.4) is 0 Å². The van der Waals surface area contributed by atoms with Gasteiger partial charge in [0.25, 0.3) is 11.6 Å². The van der Waals surface area contributed by atoms with E-state index in [0.29, 0.717) is 31.5 Å². The third-order valence-electron chi connectivity index (χ3n) is 5.35. The zero-order valence-electron chi connectivity index (χ0n) is 15.6. The molecule has 0 aliphatic carbocycles. The molecule has 2 aliphatic rings. The molecule has 2 aromatic carbocycles. The second-order valence-electron chi connectivity index (χ2n) is 7.21. The zero-order valence-corrected chi connectivity index (χ0v) is 15.6. The number of nitro groups is 1. The first-order valence-electron chi connectivity index (χ1n) is 9.37. The Labute approximate surface area is 167 Å². The number of para-hydroxylation sites is 1. The van der Waals surface area contributed by atoms with Gasteiger partial charge in [-0.2, -0.15) is 0 Å². The molecule has 0 bridgehead atoms. The van der Waals surface area contributed by atoms with Crippen LogP contribution in [0.25, 0.3) is 6.08 Å². The van der Waals surface area contributed by atoms with Gasteiger partial charge in [-0.25, -0.2) is 0 Å². The van der Waals surface area contributed by atoms with Crippen molar-refractivity contribution >= 4 is 29.3 Å². The van der Waals surface area contributed by atoms with Crippen molar-refractivity contribution in [2.75, 3.05) is 18.4 Å². The summed E-state index contributed by atoms with van der Waals surface area (Å²) < 4.78 is 0. The lowest BCUT2D eigenvalue weighted by atomic mass is 9.92. The number of hydrogen-bond donors (Lipinski definition) is 2. The molecule has 1 fully saturated rings. The largest absolute Gasteiger partial charge is 0.362 e. The number of fused-ring (bicyclic) bond motifs is 1. The van der Waals surface area contributed by atoms with Crippen LogP contribution in [0, 0.1) is 10.1 Å². The van der Waals surface area contributed by atoms with Crippen molar-refractivity contribution in [3.63, 3.8) is 0 Å². The Morgan fingerprint density at radius 1 is 1.07 bits per heavy atom. The van der Waals surface area contributed by atoms with Gasteiger partial charge >= 0.3 is 0 Å². The summed E-state index contributed by atoms with van der Waals surface area (Å²) in [6, 6.07) is 13.4. The van der Waals surface area contributed by atoms with Crippen molar-refractivity contribution in [1.29, 1.82) is 0 Å². The summed E-state index contributed by atoms with van der Waals surface area (Å²) >= 11 is 0. The standard InChI is InChI=1S/C21H20N4O4/c26-19(10-7-15-5-8-16(9-6-15)25(28)29)24-13-11-21(12-14-24)22-18-4-2-1-3-17(18)20(27)23-21/h1-10,22H,11-14H2,(H,23,27)/b10-7+. The average molecular weight is 392 g/mol. The molecule has 0 atom stereocenters. The van der Waals surface area contributed by atoms with E-state index in [9.17, 15) is 19.7 Å². The Bertz CT molecular complexity index is 992. The smallest absolute Gasteiger partial charge is 0.269 e. The summed E-state index contributed by atoms with van der Waals surface area (Å²) in [5.41, 5.74) is 1.63. The van der Waals surface area contributed by atoms with Crippen LogP contribution < -0.4 is 10.6 Å². The van der Waals surface area contributed by atoms with E-state index in [1.54, 1.807) is 29.2 Å². The highest BCUT2D eigenvalue weighted by molar-refractivity contribution is 6.02. The number of nitrogens with zero attached hydrogens (tertiary/aromatic N) is 2. The van der Waals surface area contributed by atoms with Crippen molar-refractivity contribution in [2.24, 2.45) is 0 Å². The van der Waals surface area contributed by atoms with Crippen molar-refractivity contribution in [1.82, 2.24) is 10.2 Å². The number of rotatable bonds is 3. The first-order valence-corrected chi connectivity index (χ1v) is 9.37. The third kappa shape index (κ3) is 3.82. The number of carbonyl (C=O) groups is 2. The highest BCUT2D eigenvalue weighted by Gasteiger charge is 2.40. The van der Waals surface area contributed by atoms with Crippen LogP contribution in [-0.2, 0) is 4.79 Å². The molecule has 0 saturated carbocycles. The van der Waals surface area contributed by atoms with E-state index in [2.05, 4.69) is 10.6 Å². The van der Waals surface area contributed by atoms with Crippen molar-refractivity contribution in [3.05, 3.63) is 75.8 Å². The number of non-ortho nitro benzene ring substituents is 1. The summed E-state index contributed by atoms with van der Waals surface area (Å²) in [5.74, 6) is -0.224. The predicted octanol–water partition coefficient (Wildman–Crippen LogP) is 2.78. The predicted molar refractivity (Wildman–Crippen MR) is 108 cm³/mol. The van der Waals surface area contributed by atoms with Crippen LogP contribution in [-0.4, -0.2) is 40.4 Å². The fourth-order valence-corrected chi connectivity index (χ4v) is 3.70. The van der Waals surface area contributed by atoms with Crippen molar-refractivity contribution in [3.8, 4) is 0 Å². The van der Waals surface area contributed by atoms with E-state index in [0.717, 1.165) is 11.3 Å². The fraction of sp³-hybridized carbons (Fsp3) is 0.238. The monoisotopic (exact) mass is 392 g/mol. The van der Waals surface area contributed by atoms with E-state index in [4.69, 9.17) is 0 Å². The number of likely N-dealkylation sites (tertiary alicyclic amines) is 1. The van der Waals surface area contributed by atoms with E-state index in [-0.39, 0.29) is 17.5 Å². The molecule has 1 spiro atoms. The highest BCUT2D eigenvalue weighted by Crippen LogP contribution is 2.31. The summed E-state index contributed by atoms with van der Waals surface area (Å²) in [4.78, 5) is 36.9. The number of benzene rings is 2. The van der Waals surface area contributed by atoms with Gasteiger partial charge in [0, 0.05) is 49.8 Å². The molecule has 8 heteroatoms. The Morgan fingerprint density at radius 3 is 2.45 bits per heavy atom. The number of anilines is 1. The number of carbonyl (C=O) groups excluding carboxylic acids is 2. The quantitative estimate of drug-likeness (QED) is 0.475. The zero-order chi connectivity index (χ0) is 20.4. The summed E-state index contributed by atoms with van der Waals surface area (Å²) in [6.45, 7) is 1.03. The Hall–Kier alpha value is -3.68. The summed E-state index contributed by atoms with van der Waals surface area (Å²) in [6.07, 6.45) is 4.32. The molecular formula is C21H20N4O4. The first-order chi connectivity index (χ1) is 14.0.